The maximum atomic E-state index is 13.2. The van der Waals surface area contributed by atoms with E-state index in [1.54, 1.807) is 69.0 Å². The van der Waals surface area contributed by atoms with E-state index < -0.39 is 47.3 Å². The third-order valence-electron chi connectivity index (χ3n) is 6.73. The van der Waals surface area contributed by atoms with Crippen LogP contribution >= 0.6 is 23.2 Å². The number of ether oxygens (including phenoxy) is 2. The molecule has 0 unspecified atom stereocenters. The first-order valence-corrected chi connectivity index (χ1v) is 14.4. The third-order valence-corrected chi connectivity index (χ3v) is 7.36. The molecule has 0 saturated heterocycles. The van der Waals surface area contributed by atoms with Crippen LogP contribution in [0.25, 0.3) is 16.7 Å². The van der Waals surface area contributed by atoms with Gasteiger partial charge in [-0.15, -0.1) is 0 Å². The van der Waals surface area contributed by atoms with E-state index >= 15 is 0 Å². The number of aromatic nitrogens is 4. The number of hydrogen-bond donors (Lipinski definition) is 1. The Labute approximate surface area is 262 Å². The Kier molecular flexibility index (Phi) is 9.65. The highest BCUT2D eigenvalue weighted by Crippen LogP contribution is 2.24. The molecule has 0 aliphatic heterocycles. The van der Waals surface area contributed by atoms with Crippen molar-refractivity contribution in [2.24, 2.45) is 12.5 Å². The van der Waals surface area contributed by atoms with Crippen LogP contribution in [-0.2, 0) is 39.1 Å². The van der Waals surface area contributed by atoms with Gasteiger partial charge >= 0.3 is 17.6 Å². The fraction of sp³-hybridized carbons (Fsp3) is 0.333. The molecule has 1 atom stereocenters. The largest absolute Gasteiger partial charge is 0.427 e. The Bertz CT molecular complexity index is 1830. The summed E-state index contributed by atoms with van der Waals surface area (Å²) in [6.07, 6.45) is 1.58. The van der Waals surface area contributed by atoms with Gasteiger partial charge in [0.2, 0.25) is 6.79 Å². The molecule has 0 bridgehead atoms. The van der Waals surface area contributed by atoms with Crippen LogP contribution in [0, 0.1) is 5.41 Å². The topological polar surface area (TPSA) is 144 Å². The number of benzene rings is 2. The van der Waals surface area contributed by atoms with Gasteiger partial charge in [0.15, 0.2) is 5.52 Å². The van der Waals surface area contributed by atoms with Crippen molar-refractivity contribution in [3.63, 3.8) is 0 Å². The zero-order chi connectivity index (χ0) is 32.3. The minimum absolute atomic E-state index is 0.0285. The number of hydrogen-bond acceptors (Lipinski definition) is 8. The number of nitrogens with zero attached hydrogens (tertiary/aromatic N) is 4. The summed E-state index contributed by atoms with van der Waals surface area (Å²) in [6.45, 7) is 6.69. The molecule has 0 aliphatic carbocycles. The quantitative estimate of drug-likeness (QED) is 0.215. The lowest BCUT2D eigenvalue weighted by atomic mass is 9.98. The molecule has 0 fully saturated rings. The summed E-state index contributed by atoms with van der Waals surface area (Å²) in [5.74, 6) is -2.18. The Morgan fingerprint density at radius 3 is 2.23 bits per heavy atom. The van der Waals surface area contributed by atoms with E-state index in [0.29, 0.717) is 17.6 Å². The molecule has 4 rings (SSSR count). The molecule has 2 aromatic heterocycles. The van der Waals surface area contributed by atoms with E-state index in [0.717, 1.165) is 4.57 Å². The SMILES string of the molecule is CCn1cc2c(n1)c(=O)n(-c1ccc(C[C@H](NC(=O)c3c(Cl)cccc3Cl)C(=O)OCOC(=O)C(C)(C)C)cc1)c(=O)n2C. The van der Waals surface area contributed by atoms with Crippen molar-refractivity contribution in [3.8, 4) is 5.69 Å². The fourth-order valence-electron chi connectivity index (χ4n) is 4.26. The Morgan fingerprint density at radius 2 is 1.64 bits per heavy atom. The van der Waals surface area contributed by atoms with Crippen molar-refractivity contribution in [1.82, 2.24) is 24.2 Å². The van der Waals surface area contributed by atoms with Gasteiger partial charge in [-0.25, -0.2) is 14.2 Å². The summed E-state index contributed by atoms with van der Waals surface area (Å²) in [5.41, 5.74) is -0.570. The van der Waals surface area contributed by atoms with E-state index in [1.807, 2.05) is 6.92 Å². The van der Waals surface area contributed by atoms with Crippen molar-refractivity contribution >= 4 is 52.1 Å². The number of aryl methyl sites for hydroxylation is 2. The van der Waals surface area contributed by atoms with E-state index in [-0.39, 0.29) is 33.2 Å². The predicted octanol–water partition coefficient (Wildman–Crippen LogP) is 3.64. The second-order valence-corrected chi connectivity index (χ2v) is 11.8. The van der Waals surface area contributed by atoms with Gasteiger partial charge < -0.3 is 14.8 Å². The predicted molar refractivity (Wildman–Crippen MR) is 164 cm³/mol. The van der Waals surface area contributed by atoms with Crippen LogP contribution in [0.5, 0.6) is 0 Å². The lowest BCUT2D eigenvalue weighted by Gasteiger charge is -2.20. The van der Waals surface area contributed by atoms with E-state index in [4.69, 9.17) is 32.7 Å². The van der Waals surface area contributed by atoms with Crippen LogP contribution in [0.15, 0.2) is 58.3 Å². The van der Waals surface area contributed by atoms with Crippen LogP contribution < -0.4 is 16.6 Å². The molecule has 12 nitrogen and oxygen atoms in total. The maximum Gasteiger partial charge on any atom is 0.336 e. The van der Waals surface area contributed by atoms with E-state index in [9.17, 15) is 24.0 Å². The number of carbonyl (C=O) groups is 3. The first kappa shape index (κ1) is 32.5. The number of rotatable bonds is 9. The molecular weight excluding hydrogens is 613 g/mol. The van der Waals surface area contributed by atoms with Gasteiger partial charge in [0.25, 0.3) is 11.5 Å². The molecule has 2 heterocycles. The second kappa shape index (κ2) is 13.1. The number of esters is 2. The van der Waals surface area contributed by atoms with Crippen molar-refractivity contribution in [2.45, 2.75) is 46.7 Å². The van der Waals surface area contributed by atoms with Gasteiger partial charge in [0.1, 0.15) is 6.04 Å². The lowest BCUT2D eigenvalue weighted by molar-refractivity contribution is -0.174. The summed E-state index contributed by atoms with van der Waals surface area (Å²) >= 11 is 12.4. The normalized spacial score (nSPS) is 12.2. The third kappa shape index (κ3) is 6.87. The first-order valence-electron chi connectivity index (χ1n) is 13.6. The highest BCUT2D eigenvalue weighted by atomic mass is 35.5. The maximum absolute atomic E-state index is 13.2. The molecular formula is C30H31Cl2N5O7. The van der Waals surface area contributed by atoms with E-state index in [2.05, 4.69) is 10.4 Å². The molecule has 2 aromatic carbocycles. The Balaban J connectivity index is 1.61. The molecule has 44 heavy (non-hydrogen) atoms. The van der Waals surface area contributed by atoms with Crippen LogP contribution in [0.1, 0.15) is 43.6 Å². The first-order chi connectivity index (χ1) is 20.7. The summed E-state index contributed by atoms with van der Waals surface area (Å²) in [7, 11) is 1.56. The monoisotopic (exact) mass is 643 g/mol. The Morgan fingerprint density at radius 1 is 1.00 bits per heavy atom. The summed E-state index contributed by atoms with van der Waals surface area (Å²) in [5, 5.41) is 7.04. The molecule has 14 heteroatoms. The lowest BCUT2D eigenvalue weighted by Crippen LogP contribution is -2.44. The number of nitrogens with one attached hydrogen (secondary N) is 1. The second-order valence-electron chi connectivity index (χ2n) is 11.0. The van der Waals surface area contributed by atoms with Crippen molar-refractivity contribution in [3.05, 3.63) is 90.7 Å². The van der Waals surface area contributed by atoms with Crippen molar-refractivity contribution in [1.29, 1.82) is 0 Å². The molecule has 0 radical (unpaired) electrons. The van der Waals surface area contributed by atoms with Gasteiger partial charge in [-0.3, -0.25) is 23.6 Å². The number of halogens is 2. The smallest absolute Gasteiger partial charge is 0.336 e. The van der Waals surface area contributed by atoms with Gasteiger partial charge in [0, 0.05) is 26.2 Å². The minimum Gasteiger partial charge on any atom is -0.427 e. The van der Waals surface area contributed by atoms with Crippen molar-refractivity contribution < 1.29 is 23.9 Å². The standard InChI is InChI=1S/C30H31Cl2N5O7/c1-6-36-15-22-24(34-36)26(39)37(29(42)35(22)5)18-12-10-17(11-13-18)14-21(27(40)43-16-44-28(41)30(2,3)4)33-25(38)23-19(31)8-7-9-20(23)32/h7-13,15,21H,6,14,16H2,1-5H3,(H,33,38)/t21-/m0/s1. The van der Waals surface area contributed by atoms with Gasteiger partial charge in [-0.05, 0) is 57.5 Å². The number of carbonyl (C=O) groups excluding carboxylic acids is 3. The van der Waals surface area contributed by atoms with Gasteiger partial charge in [-0.1, -0.05) is 41.4 Å². The van der Waals surface area contributed by atoms with Crippen molar-refractivity contribution in [2.75, 3.05) is 6.79 Å². The Hall–Kier alpha value is -4.42. The molecule has 0 saturated carbocycles. The number of amides is 1. The van der Waals surface area contributed by atoms with E-state index in [1.165, 1.54) is 16.7 Å². The molecule has 0 aliphatic rings. The summed E-state index contributed by atoms with van der Waals surface area (Å²) in [6, 6.07) is 9.58. The molecule has 1 N–H and O–H groups in total. The average Bonchev–Trinajstić information content (AvgIpc) is 3.41. The summed E-state index contributed by atoms with van der Waals surface area (Å²) in [4.78, 5) is 64.6. The number of fused-ring (bicyclic) bond motifs is 1. The highest BCUT2D eigenvalue weighted by molar-refractivity contribution is 6.39. The molecule has 1 amide bonds. The zero-order valence-corrected chi connectivity index (χ0v) is 26.2. The minimum atomic E-state index is -1.25. The highest BCUT2D eigenvalue weighted by Gasteiger charge is 2.28. The molecule has 4 aromatic rings. The fourth-order valence-corrected chi connectivity index (χ4v) is 4.83. The van der Waals surface area contributed by atoms with Crippen LogP contribution in [0.4, 0.5) is 0 Å². The molecule has 232 valence electrons. The summed E-state index contributed by atoms with van der Waals surface area (Å²) < 4.78 is 14.1. The zero-order valence-electron chi connectivity index (χ0n) is 24.7. The van der Waals surface area contributed by atoms with Crippen LogP contribution in [0.2, 0.25) is 10.0 Å². The molecule has 0 spiro atoms. The van der Waals surface area contributed by atoms with Gasteiger partial charge in [0.05, 0.1) is 32.2 Å². The van der Waals surface area contributed by atoms with Crippen LogP contribution in [-0.4, -0.2) is 49.6 Å². The van der Waals surface area contributed by atoms with Crippen LogP contribution in [0.3, 0.4) is 0 Å². The average molecular weight is 645 g/mol. The van der Waals surface area contributed by atoms with Gasteiger partial charge in [-0.2, -0.15) is 5.10 Å².